The standard InChI is InChI=1S/C18H15BCl2NSi/c20-19-17-13-7-8-14-18(17)22-23(21,15-9-3-1-4-10-15)16-11-5-2-6-12-16/h1-14,22H. The maximum absolute atomic E-state index is 7.22. The Morgan fingerprint density at radius 1 is 0.696 bits per heavy atom. The highest BCUT2D eigenvalue weighted by atomic mass is 35.6. The van der Waals surface area contributed by atoms with Crippen molar-refractivity contribution in [1.29, 1.82) is 0 Å². The Balaban J connectivity index is 2.10. The molecule has 0 aliphatic carbocycles. The van der Waals surface area contributed by atoms with Gasteiger partial charge in [-0.05, 0) is 21.9 Å². The van der Waals surface area contributed by atoms with E-state index in [1.54, 1.807) is 6.69 Å². The second-order valence-electron chi connectivity index (χ2n) is 5.21. The molecule has 23 heavy (non-hydrogen) atoms. The van der Waals surface area contributed by atoms with Crippen molar-refractivity contribution in [3.05, 3.63) is 84.9 Å². The van der Waals surface area contributed by atoms with Crippen LogP contribution < -0.4 is 20.8 Å². The van der Waals surface area contributed by atoms with Crippen LogP contribution in [-0.2, 0) is 0 Å². The zero-order valence-corrected chi connectivity index (χ0v) is 14.9. The van der Waals surface area contributed by atoms with E-state index in [2.05, 4.69) is 29.2 Å². The predicted molar refractivity (Wildman–Crippen MR) is 105 cm³/mol. The first-order chi connectivity index (χ1) is 11.2. The molecule has 0 spiro atoms. The lowest BCUT2D eigenvalue weighted by molar-refractivity contribution is 1.66. The Hall–Kier alpha value is -1.68. The van der Waals surface area contributed by atoms with Crippen LogP contribution in [0.4, 0.5) is 5.69 Å². The number of anilines is 1. The molecule has 0 unspecified atom stereocenters. The molecule has 1 radical (unpaired) electrons. The summed E-state index contributed by atoms with van der Waals surface area (Å²) in [6.07, 6.45) is 0. The SMILES string of the molecule is Cl[B]c1ccccc1N[Si](Cl)(c1ccccc1)c1ccccc1. The van der Waals surface area contributed by atoms with E-state index in [1.165, 1.54) is 0 Å². The van der Waals surface area contributed by atoms with Gasteiger partial charge in [0.1, 0.15) is 0 Å². The number of hydrogen-bond donors (Lipinski definition) is 1. The molecule has 5 heteroatoms. The summed E-state index contributed by atoms with van der Waals surface area (Å²) >= 11 is 13.2. The van der Waals surface area contributed by atoms with E-state index in [4.69, 9.17) is 22.5 Å². The first kappa shape index (κ1) is 16.2. The van der Waals surface area contributed by atoms with Crippen molar-refractivity contribution < 1.29 is 0 Å². The number of para-hydroxylation sites is 1. The smallest absolute Gasteiger partial charge is 0.317 e. The van der Waals surface area contributed by atoms with Gasteiger partial charge in [0, 0.05) is 5.69 Å². The molecule has 1 N–H and O–H groups in total. The van der Waals surface area contributed by atoms with Gasteiger partial charge in [-0.15, -0.1) is 11.1 Å². The molecular weight excluding hydrogens is 340 g/mol. The van der Waals surface area contributed by atoms with Crippen molar-refractivity contribution in [2.45, 2.75) is 0 Å². The normalized spacial score (nSPS) is 11.0. The fourth-order valence-electron chi connectivity index (χ4n) is 2.54. The van der Waals surface area contributed by atoms with E-state index in [0.29, 0.717) is 0 Å². The number of halogens is 2. The fourth-order valence-corrected chi connectivity index (χ4v) is 6.31. The Bertz CT molecular complexity index is 729. The lowest BCUT2D eigenvalue weighted by Gasteiger charge is -2.28. The monoisotopic (exact) mass is 354 g/mol. The zero-order chi connectivity index (χ0) is 16.1. The van der Waals surface area contributed by atoms with Crippen LogP contribution in [0.25, 0.3) is 0 Å². The molecule has 0 amide bonds. The molecule has 3 aromatic carbocycles. The van der Waals surface area contributed by atoms with Crippen molar-refractivity contribution >= 4 is 58.3 Å². The minimum Gasteiger partial charge on any atom is -0.392 e. The van der Waals surface area contributed by atoms with Crippen molar-refractivity contribution in [2.75, 3.05) is 4.98 Å². The molecule has 3 rings (SSSR count). The van der Waals surface area contributed by atoms with Crippen LogP contribution in [0, 0.1) is 0 Å². The maximum atomic E-state index is 7.22. The van der Waals surface area contributed by atoms with Gasteiger partial charge in [-0.2, -0.15) is 11.5 Å². The quantitative estimate of drug-likeness (QED) is 0.548. The molecule has 1 nitrogen and oxygen atoms in total. The van der Waals surface area contributed by atoms with Gasteiger partial charge < -0.3 is 4.98 Å². The third kappa shape index (κ3) is 3.47. The van der Waals surface area contributed by atoms with Crippen molar-refractivity contribution in [2.24, 2.45) is 0 Å². The second kappa shape index (κ2) is 7.26. The zero-order valence-electron chi connectivity index (χ0n) is 12.4. The minimum absolute atomic E-state index is 0.929. The average Bonchev–Trinajstić information content (AvgIpc) is 2.63. The summed E-state index contributed by atoms with van der Waals surface area (Å²) in [6, 6.07) is 28.3. The van der Waals surface area contributed by atoms with Gasteiger partial charge >= 0.3 is 7.55 Å². The van der Waals surface area contributed by atoms with Crippen molar-refractivity contribution in [3.8, 4) is 0 Å². The molecular formula is C18H15BCl2NSi. The second-order valence-corrected chi connectivity index (χ2v) is 9.85. The summed E-state index contributed by atoms with van der Waals surface area (Å²) in [6.45, 7) is 1.57. The third-order valence-corrected chi connectivity index (χ3v) is 8.43. The molecule has 0 aromatic heterocycles. The summed E-state index contributed by atoms with van der Waals surface area (Å²) in [4.78, 5) is 3.60. The Morgan fingerprint density at radius 2 is 1.17 bits per heavy atom. The highest BCUT2D eigenvalue weighted by Gasteiger charge is 2.36. The fraction of sp³-hybridized carbons (Fsp3) is 0. The Kier molecular flexibility index (Phi) is 5.11. The van der Waals surface area contributed by atoms with Crippen LogP contribution >= 0.6 is 22.5 Å². The lowest BCUT2D eigenvalue weighted by atomic mass is 9.93. The Morgan fingerprint density at radius 3 is 1.70 bits per heavy atom. The van der Waals surface area contributed by atoms with Crippen LogP contribution in [0.15, 0.2) is 84.9 Å². The summed E-state index contributed by atoms with van der Waals surface area (Å²) in [7, 11) is -2.65. The molecule has 0 aliphatic rings. The van der Waals surface area contributed by atoms with Gasteiger partial charge in [0.25, 0.3) is 6.69 Å². The Labute approximate surface area is 148 Å². The van der Waals surface area contributed by atoms with Gasteiger partial charge in [-0.25, -0.2) is 0 Å². The molecule has 0 atom stereocenters. The van der Waals surface area contributed by atoms with E-state index >= 15 is 0 Å². The van der Waals surface area contributed by atoms with Gasteiger partial charge in [0.2, 0.25) is 0 Å². The number of benzene rings is 3. The van der Waals surface area contributed by atoms with Crippen LogP contribution in [0.5, 0.6) is 0 Å². The summed E-state index contributed by atoms with van der Waals surface area (Å²) in [5.74, 6) is 0. The third-order valence-electron chi connectivity index (χ3n) is 3.73. The molecule has 0 aliphatic heterocycles. The first-order valence-electron chi connectivity index (χ1n) is 7.34. The molecule has 0 fully saturated rings. The van der Waals surface area contributed by atoms with E-state index in [1.807, 2.05) is 60.7 Å². The average molecular weight is 355 g/mol. The van der Waals surface area contributed by atoms with Gasteiger partial charge in [-0.3, -0.25) is 0 Å². The summed E-state index contributed by atoms with van der Waals surface area (Å²) in [5.41, 5.74) is 1.87. The number of rotatable bonds is 5. The van der Waals surface area contributed by atoms with Crippen LogP contribution in [0.1, 0.15) is 0 Å². The predicted octanol–water partition coefficient (Wildman–Crippen LogP) is 3.08. The first-order valence-corrected chi connectivity index (χ1v) is 10.8. The van der Waals surface area contributed by atoms with Gasteiger partial charge in [-0.1, -0.05) is 78.9 Å². The molecule has 3 aromatic rings. The molecule has 0 heterocycles. The van der Waals surface area contributed by atoms with E-state index in [0.717, 1.165) is 21.5 Å². The molecule has 0 saturated heterocycles. The van der Waals surface area contributed by atoms with Crippen molar-refractivity contribution in [1.82, 2.24) is 0 Å². The number of hydrogen-bond acceptors (Lipinski definition) is 1. The van der Waals surface area contributed by atoms with Gasteiger partial charge in [0.15, 0.2) is 0 Å². The topological polar surface area (TPSA) is 12.0 Å². The molecule has 0 bridgehead atoms. The van der Waals surface area contributed by atoms with Crippen LogP contribution in [0.3, 0.4) is 0 Å². The van der Waals surface area contributed by atoms with Crippen molar-refractivity contribution in [3.63, 3.8) is 0 Å². The van der Waals surface area contributed by atoms with E-state index in [9.17, 15) is 0 Å². The van der Waals surface area contributed by atoms with Crippen LogP contribution in [0.2, 0.25) is 0 Å². The van der Waals surface area contributed by atoms with Crippen LogP contribution in [-0.4, -0.2) is 14.2 Å². The highest BCUT2D eigenvalue weighted by molar-refractivity contribution is 7.35. The minimum atomic E-state index is -2.65. The molecule has 0 saturated carbocycles. The van der Waals surface area contributed by atoms with E-state index < -0.39 is 7.55 Å². The maximum Gasteiger partial charge on any atom is 0.317 e. The largest absolute Gasteiger partial charge is 0.392 e. The van der Waals surface area contributed by atoms with E-state index in [-0.39, 0.29) is 0 Å². The summed E-state index contributed by atoms with van der Waals surface area (Å²) < 4.78 is 0. The van der Waals surface area contributed by atoms with Gasteiger partial charge in [0.05, 0.1) is 0 Å². The lowest BCUT2D eigenvalue weighted by Crippen LogP contribution is -2.60. The summed E-state index contributed by atoms with van der Waals surface area (Å²) in [5, 5.41) is 2.22. The molecule has 113 valence electrons. The number of nitrogens with one attached hydrogen (secondary N) is 1. The highest BCUT2D eigenvalue weighted by Crippen LogP contribution is 2.15.